The molecule has 2 aliphatic carbocycles. The minimum absolute atomic E-state index is 0.310. The first-order chi connectivity index (χ1) is 8.70. The standard InChI is InChI=1S/C16H22ClN/c1-2-9-18-12-16(10-15(11-16)7-8-15)13-5-3-4-6-14(13)17/h3-6,18H,2,7-12H2,1H3. The molecule has 98 valence electrons. The molecule has 2 fully saturated rings. The summed E-state index contributed by atoms with van der Waals surface area (Å²) in [5.41, 5.74) is 2.38. The topological polar surface area (TPSA) is 12.0 Å². The van der Waals surface area contributed by atoms with Gasteiger partial charge in [0.1, 0.15) is 0 Å². The third-order valence-corrected chi connectivity index (χ3v) is 5.05. The number of nitrogens with one attached hydrogen (secondary N) is 1. The van der Waals surface area contributed by atoms with Crippen molar-refractivity contribution in [2.75, 3.05) is 13.1 Å². The van der Waals surface area contributed by atoms with Crippen LogP contribution in [0.4, 0.5) is 0 Å². The molecule has 1 nitrogen and oxygen atoms in total. The van der Waals surface area contributed by atoms with Crippen LogP contribution in [0.3, 0.4) is 0 Å². The van der Waals surface area contributed by atoms with E-state index in [9.17, 15) is 0 Å². The zero-order valence-corrected chi connectivity index (χ0v) is 11.9. The lowest BCUT2D eigenvalue weighted by atomic mass is 9.56. The van der Waals surface area contributed by atoms with Crippen LogP contribution in [0.1, 0.15) is 44.6 Å². The molecule has 0 amide bonds. The van der Waals surface area contributed by atoms with Gasteiger partial charge in [0, 0.05) is 17.0 Å². The Kier molecular flexibility index (Phi) is 3.15. The van der Waals surface area contributed by atoms with Crippen LogP contribution in [0, 0.1) is 5.41 Å². The molecule has 0 bridgehead atoms. The summed E-state index contributed by atoms with van der Waals surface area (Å²) in [5.74, 6) is 0. The SMILES string of the molecule is CCCNCC1(c2ccccc2Cl)CC2(CC2)C1. The van der Waals surface area contributed by atoms with Crippen LogP contribution >= 0.6 is 11.6 Å². The maximum absolute atomic E-state index is 6.42. The molecule has 1 N–H and O–H groups in total. The normalized spacial score (nSPS) is 22.8. The molecule has 2 aliphatic rings. The van der Waals surface area contributed by atoms with E-state index < -0.39 is 0 Å². The highest BCUT2D eigenvalue weighted by molar-refractivity contribution is 6.31. The van der Waals surface area contributed by atoms with Gasteiger partial charge in [0.2, 0.25) is 0 Å². The lowest BCUT2D eigenvalue weighted by Gasteiger charge is -2.50. The molecule has 2 heteroatoms. The van der Waals surface area contributed by atoms with Gasteiger partial charge in [0.15, 0.2) is 0 Å². The largest absolute Gasteiger partial charge is 0.316 e. The van der Waals surface area contributed by atoms with E-state index in [0.29, 0.717) is 10.8 Å². The average Bonchev–Trinajstić information content (AvgIpc) is 3.09. The van der Waals surface area contributed by atoms with E-state index in [-0.39, 0.29) is 0 Å². The van der Waals surface area contributed by atoms with Crippen molar-refractivity contribution in [1.82, 2.24) is 5.32 Å². The van der Waals surface area contributed by atoms with Gasteiger partial charge < -0.3 is 5.32 Å². The summed E-state index contributed by atoms with van der Waals surface area (Å²) in [6, 6.07) is 8.42. The molecule has 1 aromatic rings. The predicted molar refractivity (Wildman–Crippen MR) is 77.2 cm³/mol. The maximum Gasteiger partial charge on any atom is 0.0444 e. The van der Waals surface area contributed by atoms with Crippen LogP contribution < -0.4 is 5.32 Å². The fraction of sp³-hybridized carbons (Fsp3) is 0.625. The molecule has 0 unspecified atom stereocenters. The number of hydrogen-bond donors (Lipinski definition) is 1. The molecular weight excluding hydrogens is 242 g/mol. The summed E-state index contributed by atoms with van der Waals surface area (Å²) in [6.45, 7) is 4.42. The minimum Gasteiger partial charge on any atom is -0.316 e. The van der Waals surface area contributed by atoms with Crippen LogP contribution in [0.5, 0.6) is 0 Å². The maximum atomic E-state index is 6.42. The van der Waals surface area contributed by atoms with Crippen molar-refractivity contribution in [3.05, 3.63) is 34.9 Å². The van der Waals surface area contributed by atoms with E-state index in [1.54, 1.807) is 0 Å². The zero-order valence-electron chi connectivity index (χ0n) is 11.1. The van der Waals surface area contributed by atoms with E-state index in [1.807, 2.05) is 12.1 Å². The lowest BCUT2D eigenvalue weighted by Crippen LogP contribution is -2.50. The second-order valence-electron chi connectivity index (χ2n) is 6.29. The fourth-order valence-electron chi connectivity index (χ4n) is 3.72. The highest BCUT2D eigenvalue weighted by atomic mass is 35.5. The number of benzene rings is 1. The predicted octanol–water partition coefficient (Wildman–Crippen LogP) is 4.15. The Labute approximate surface area is 115 Å². The summed E-state index contributed by atoms with van der Waals surface area (Å²) >= 11 is 6.42. The number of hydrogen-bond acceptors (Lipinski definition) is 1. The Morgan fingerprint density at radius 2 is 1.94 bits per heavy atom. The van der Waals surface area contributed by atoms with Crippen LogP contribution in [-0.2, 0) is 5.41 Å². The van der Waals surface area contributed by atoms with Gasteiger partial charge in [-0.3, -0.25) is 0 Å². The van der Waals surface area contributed by atoms with Crippen molar-refractivity contribution in [3.63, 3.8) is 0 Å². The van der Waals surface area contributed by atoms with Crippen molar-refractivity contribution in [3.8, 4) is 0 Å². The number of rotatable bonds is 5. The van der Waals surface area contributed by atoms with E-state index in [4.69, 9.17) is 11.6 Å². The van der Waals surface area contributed by atoms with E-state index in [0.717, 1.165) is 18.1 Å². The number of halogens is 1. The Morgan fingerprint density at radius 3 is 2.56 bits per heavy atom. The molecule has 0 atom stereocenters. The average molecular weight is 264 g/mol. The van der Waals surface area contributed by atoms with Crippen molar-refractivity contribution in [1.29, 1.82) is 0 Å². The van der Waals surface area contributed by atoms with Gasteiger partial charge >= 0.3 is 0 Å². The summed E-state index contributed by atoms with van der Waals surface area (Å²) < 4.78 is 0. The first kappa shape index (κ1) is 12.5. The van der Waals surface area contributed by atoms with Crippen molar-refractivity contribution in [2.24, 2.45) is 5.41 Å². The van der Waals surface area contributed by atoms with Crippen molar-refractivity contribution < 1.29 is 0 Å². The van der Waals surface area contributed by atoms with Gasteiger partial charge in [0.05, 0.1) is 0 Å². The molecule has 0 aliphatic heterocycles. The second-order valence-corrected chi connectivity index (χ2v) is 6.70. The van der Waals surface area contributed by atoms with Crippen LogP contribution in [0.2, 0.25) is 5.02 Å². The Balaban J connectivity index is 1.80. The summed E-state index contributed by atoms with van der Waals surface area (Å²) in [7, 11) is 0. The van der Waals surface area contributed by atoms with Gasteiger partial charge in [-0.25, -0.2) is 0 Å². The molecule has 1 aromatic carbocycles. The first-order valence-corrected chi connectivity index (χ1v) is 7.53. The molecular formula is C16H22ClN. The highest BCUT2D eigenvalue weighted by Gasteiger charge is 2.61. The van der Waals surface area contributed by atoms with Crippen LogP contribution in [0.15, 0.2) is 24.3 Å². The minimum atomic E-state index is 0.310. The Bertz CT molecular complexity index is 428. The summed E-state index contributed by atoms with van der Waals surface area (Å²) in [4.78, 5) is 0. The Hall–Kier alpha value is -0.530. The van der Waals surface area contributed by atoms with Gasteiger partial charge in [0.25, 0.3) is 0 Å². The zero-order chi connectivity index (χ0) is 12.6. The molecule has 0 saturated heterocycles. The van der Waals surface area contributed by atoms with E-state index in [1.165, 1.54) is 37.7 Å². The molecule has 0 radical (unpaired) electrons. The molecule has 0 aromatic heterocycles. The van der Waals surface area contributed by atoms with Gasteiger partial charge in [-0.1, -0.05) is 36.7 Å². The lowest BCUT2D eigenvalue weighted by molar-refractivity contribution is 0.116. The highest BCUT2D eigenvalue weighted by Crippen LogP contribution is 2.69. The van der Waals surface area contributed by atoms with Gasteiger partial charge in [-0.2, -0.15) is 0 Å². The smallest absolute Gasteiger partial charge is 0.0444 e. The molecule has 1 spiro atoms. The molecule has 2 saturated carbocycles. The third kappa shape index (κ3) is 2.08. The Morgan fingerprint density at radius 1 is 1.22 bits per heavy atom. The summed E-state index contributed by atoms with van der Waals surface area (Å²) in [5, 5.41) is 4.56. The monoisotopic (exact) mass is 263 g/mol. The third-order valence-electron chi connectivity index (χ3n) is 4.72. The van der Waals surface area contributed by atoms with E-state index >= 15 is 0 Å². The summed E-state index contributed by atoms with van der Waals surface area (Å²) in [6.07, 6.45) is 6.74. The van der Waals surface area contributed by atoms with E-state index in [2.05, 4.69) is 24.4 Å². The van der Waals surface area contributed by atoms with Gasteiger partial charge in [-0.05, 0) is 55.7 Å². The molecule has 3 rings (SSSR count). The first-order valence-electron chi connectivity index (χ1n) is 7.16. The van der Waals surface area contributed by atoms with Crippen LogP contribution in [-0.4, -0.2) is 13.1 Å². The van der Waals surface area contributed by atoms with Crippen LogP contribution in [0.25, 0.3) is 0 Å². The van der Waals surface area contributed by atoms with Crippen molar-refractivity contribution in [2.45, 2.75) is 44.4 Å². The van der Waals surface area contributed by atoms with Gasteiger partial charge in [-0.15, -0.1) is 0 Å². The fourth-order valence-corrected chi connectivity index (χ4v) is 4.06. The molecule has 18 heavy (non-hydrogen) atoms. The molecule has 0 heterocycles. The quantitative estimate of drug-likeness (QED) is 0.787. The van der Waals surface area contributed by atoms with Crippen molar-refractivity contribution >= 4 is 11.6 Å². The second kappa shape index (κ2) is 4.54.